The first kappa shape index (κ1) is 18.2. The summed E-state index contributed by atoms with van der Waals surface area (Å²) in [7, 11) is 0. The van der Waals surface area contributed by atoms with E-state index in [2.05, 4.69) is 29.1 Å². The van der Waals surface area contributed by atoms with E-state index in [0.717, 1.165) is 11.4 Å². The summed E-state index contributed by atoms with van der Waals surface area (Å²) in [4.78, 5) is 22.5. The van der Waals surface area contributed by atoms with Crippen LogP contribution in [0.2, 0.25) is 5.02 Å². The van der Waals surface area contributed by atoms with E-state index in [4.69, 9.17) is 11.6 Å². The smallest absolute Gasteiger partial charge is 0.267 e. The van der Waals surface area contributed by atoms with Crippen molar-refractivity contribution in [2.24, 2.45) is 0 Å². The molecule has 0 saturated heterocycles. The summed E-state index contributed by atoms with van der Waals surface area (Å²) in [6, 6.07) is 18.6. The fourth-order valence-electron chi connectivity index (χ4n) is 3.00. The van der Waals surface area contributed by atoms with Gasteiger partial charge < -0.3 is 5.32 Å². The van der Waals surface area contributed by atoms with Crippen LogP contribution in [0.15, 0.2) is 71.7 Å². The van der Waals surface area contributed by atoms with Crippen molar-refractivity contribution in [2.45, 2.75) is 19.8 Å². The molecule has 0 unspecified atom stereocenters. The highest BCUT2D eigenvalue weighted by Crippen LogP contribution is 2.22. The number of nitrogens with zero attached hydrogens (tertiary/aromatic N) is 3. The number of para-hydroxylation sites is 1. The highest BCUT2D eigenvalue weighted by molar-refractivity contribution is 6.31. The number of pyridine rings is 1. The Morgan fingerprint density at radius 3 is 2.50 bits per heavy atom. The largest absolute Gasteiger partial charge is 0.325 e. The molecular weight excluding hydrogens is 372 g/mol. The summed E-state index contributed by atoms with van der Waals surface area (Å²) < 4.78 is 1.53. The molecule has 2 aromatic heterocycles. The van der Waals surface area contributed by atoms with Gasteiger partial charge in [0.25, 0.3) is 5.56 Å². The molecule has 0 amide bonds. The fraction of sp³-hybridized carbons (Fsp3) is 0.136. The Bertz CT molecular complexity index is 1190. The number of halogens is 1. The van der Waals surface area contributed by atoms with Crippen LogP contribution in [0.3, 0.4) is 0 Å². The third-order valence-electron chi connectivity index (χ3n) is 4.48. The lowest BCUT2D eigenvalue weighted by Crippen LogP contribution is -2.23. The van der Waals surface area contributed by atoms with Crippen LogP contribution in [-0.4, -0.2) is 14.5 Å². The molecular formula is C22H19ClN4O. The van der Waals surface area contributed by atoms with Crippen LogP contribution in [0, 0.1) is 0 Å². The Kier molecular flexibility index (Phi) is 4.84. The first-order valence-electron chi connectivity index (χ1n) is 9.03. The molecule has 0 aliphatic heterocycles. The van der Waals surface area contributed by atoms with Crippen molar-refractivity contribution < 1.29 is 0 Å². The number of aromatic nitrogens is 3. The molecule has 4 aromatic rings. The number of anilines is 2. The minimum absolute atomic E-state index is 0.204. The van der Waals surface area contributed by atoms with Crippen molar-refractivity contribution >= 4 is 34.1 Å². The van der Waals surface area contributed by atoms with Gasteiger partial charge in [-0.15, -0.1) is 0 Å². The van der Waals surface area contributed by atoms with Gasteiger partial charge in [-0.2, -0.15) is 0 Å². The Hall–Kier alpha value is -3.18. The summed E-state index contributed by atoms with van der Waals surface area (Å²) in [6.45, 7) is 4.16. The van der Waals surface area contributed by atoms with Gasteiger partial charge in [-0.1, -0.05) is 43.6 Å². The predicted molar refractivity (Wildman–Crippen MR) is 114 cm³/mol. The number of hydrogen-bond donors (Lipinski definition) is 1. The van der Waals surface area contributed by atoms with Gasteiger partial charge >= 0.3 is 0 Å². The van der Waals surface area contributed by atoms with Gasteiger partial charge in [-0.3, -0.25) is 9.78 Å². The number of rotatable bonds is 4. The van der Waals surface area contributed by atoms with Gasteiger partial charge in [0, 0.05) is 16.4 Å². The maximum Gasteiger partial charge on any atom is 0.267 e. The zero-order chi connectivity index (χ0) is 19.7. The van der Waals surface area contributed by atoms with Gasteiger partial charge in [-0.25, -0.2) is 9.55 Å². The van der Waals surface area contributed by atoms with E-state index in [-0.39, 0.29) is 5.56 Å². The van der Waals surface area contributed by atoms with E-state index in [1.54, 1.807) is 24.4 Å². The molecule has 140 valence electrons. The van der Waals surface area contributed by atoms with Crippen LogP contribution >= 0.6 is 11.6 Å². The molecule has 0 saturated carbocycles. The van der Waals surface area contributed by atoms with Crippen LogP contribution < -0.4 is 10.9 Å². The quantitative estimate of drug-likeness (QED) is 0.513. The maximum atomic E-state index is 13.3. The van der Waals surface area contributed by atoms with E-state index >= 15 is 0 Å². The standard InChI is InChI=1S/C22H19ClN4O/c1-14(2)19-11-9-17(13-24-19)27-21(28)18-12-15(23)8-10-20(18)26-22(27)25-16-6-4-3-5-7-16/h3-14H,1-2H3,(H,25,26). The second-order valence-corrected chi connectivity index (χ2v) is 7.26. The third kappa shape index (κ3) is 3.49. The molecule has 4 rings (SSSR count). The minimum atomic E-state index is -0.204. The Balaban J connectivity index is 1.94. The molecule has 2 heterocycles. The monoisotopic (exact) mass is 390 g/mol. The lowest BCUT2D eigenvalue weighted by Gasteiger charge is -2.15. The highest BCUT2D eigenvalue weighted by atomic mass is 35.5. The zero-order valence-corrected chi connectivity index (χ0v) is 16.3. The number of hydrogen-bond acceptors (Lipinski definition) is 4. The van der Waals surface area contributed by atoms with E-state index < -0.39 is 0 Å². The fourth-order valence-corrected chi connectivity index (χ4v) is 3.18. The van der Waals surface area contributed by atoms with Gasteiger partial charge in [0.1, 0.15) is 0 Å². The number of fused-ring (bicyclic) bond motifs is 1. The Labute approximate surface area is 167 Å². The van der Waals surface area contributed by atoms with Crippen molar-refractivity contribution in [3.63, 3.8) is 0 Å². The number of benzene rings is 2. The van der Waals surface area contributed by atoms with Gasteiger partial charge in [-0.05, 0) is 48.4 Å². The van der Waals surface area contributed by atoms with Crippen molar-refractivity contribution in [2.75, 3.05) is 5.32 Å². The third-order valence-corrected chi connectivity index (χ3v) is 4.72. The molecule has 28 heavy (non-hydrogen) atoms. The van der Waals surface area contributed by atoms with Crippen LogP contribution in [0.4, 0.5) is 11.6 Å². The molecule has 0 spiro atoms. The van der Waals surface area contributed by atoms with E-state index in [0.29, 0.717) is 33.5 Å². The van der Waals surface area contributed by atoms with Crippen molar-refractivity contribution in [3.05, 3.63) is 87.9 Å². The van der Waals surface area contributed by atoms with Gasteiger partial charge in [0.15, 0.2) is 0 Å². The summed E-state index contributed by atoms with van der Waals surface area (Å²) in [5, 5.41) is 4.20. The summed E-state index contributed by atoms with van der Waals surface area (Å²) >= 11 is 6.11. The first-order valence-corrected chi connectivity index (χ1v) is 9.41. The molecule has 0 aliphatic carbocycles. The molecule has 5 nitrogen and oxygen atoms in total. The second-order valence-electron chi connectivity index (χ2n) is 6.82. The SMILES string of the molecule is CC(C)c1ccc(-n2c(Nc3ccccc3)nc3ccc(Cl)cc3c2=O)cn1. The lowest BCUT2D eigenvalue weighted by molar-refractivity contribution is 0.818. The topological polar surface area (TPSA) is 59.8 Å². The average Bonchev–Trinajstić information content (AvgIpc) is 2.70. The molecule has 0 radical (unpaired) electrons. The van der Waals surface area contributed by atoms with Gasteiger partial charge in [0.2, 0.25) is 5.95 Å². The second kappa shape index (κ2) is 7.44. The molecule has 0 fully saturated rings. The number of nitrogens with one attached hydrogen (secondary N) is 1. The summed E-state index contributed by atoms with van der Waals surface area (Å²) in [5.41, 5.74) is 2.82. The van der Waals surface area contributed by atoms with Gasteiger partial charge in [0.05, 0.1) is 22.8 Å². The lowest BCUT2D eigenvalue weighted by atomic mass is 10.1. The molecule has 2 aromatic carbocycles. The molecule has 6 heteroatoms. The van der Waals surface area contributed by atoms with E-state index in [1.165, 1.54) is 4.57 Å². The molecule has 0 aliphatic rings. The summed E-state index contributed by atoms with van der Waals surface area (Å²) in [5.74, 6) is 0.728. The first-order chi connectivity index (χ1) is 13.5. The average molecular weight is 391 g/mol. The zero-order valence-electron chi connectivity index (χ0n) is 15.6. The molecule has 0 bridgehead atoms. The van der Waals surface area contributed by atoms with Crippen LogP contribution in [-0.2, 0) is 0 Å². The van der Waals surface area contributed by atoms with Crippen LogP contribution in [0.25, 0.3) is 16.6 Å². The van der Waals surface area contributed by atoms with Crippen LogP contribution in [0.5, 0.6) is 0 Å². The molecule has 0 atom stereocenters. The van der Waals surface area contributed by atoms with E-state index in [1.807, 2.05) is 42.5 Å². The van der Waals surface area contributed by atoms with Crippen molar-refractivity contribution in [1.82, 2.24) is 14.5 Å². The molecule has 1 N–H and O–H groups in total. The van der Waals surface area contributed by atoms with Crippen molar-refractivity contribution in [3.8, 4) is 5.69 Å². The van der Waals surface area contributed by atoms with E-state index in [9.17, 15) is 4.79 Å². The van der Waals surface area contributed by atoms with Crippen LogP contribution in [0.1, 0.15) is 25.5 Å². The minimum Gasteiger partial charge on any atom is -0.325 e. The van der Waals surface area contributed by atoms with Crippen molar-refractivity contribution in [1.29, 1.82) is 0 Å². The normalized spacial score (nSPS) is 11.1. The Morgan fingerprint density at radius 2 is 1.82 bits per heavy atom. The Morgan fingerprint density at radius 1 is 1.04 bits per heavy atom. The predicted octanol–water partition coefficient (Wildman–Crippen LogP) is 5.30. The summed E-state index contributed by atoms with van der Waals surface area (Å²) in [6.07, 6.45) is 1.70. The maximum absolute atomic E-state index is 13.3. The highest BCUT2D eigenvalue weighted by Gasteiger charge is 2.14.